The third-order valence-electron chi connectivity index (χ3n) is 5.57. The van der Waals surface area contributed by atoms with Crippen LogP contribution in [0.5, 0.6) is 0 Å². The molecular weight excluding hydrogens is 428 g/mol. The van der Waals surface area contributed by atoms with E-state index in [1.165, 1.54) is 35.4 Å². The molecule has 32 heavy (non-hydrogen) atoms. The van der Waals surface area contributed by atoms with Gasteiger partial charge in [0, 0.05) is 5.69 Å². The summed E-state index contributed by atoms with van der Waals surface area (Å²) in [5, 5.41) is 2.86. The number of H-pyrrole nitrogens is 2. The van der Waals surface area contributed by atoms with Gasteiger partial charge < -0.3 is 15.3 Å². The maximum atomic E-state index is 13.0. The van der Waals surface area contributed by atoms with Crippen molar-refractivity contribution in [1.82, 2.24) is 9.97 Å². The van der Waals surface area contributed by atoms with Crippen LogP contribution in [0.3, 0.4) is 0 Å². The second-order valence-corrected chi connectivity index (χ2v) is 9.41. The van der Waals surface area contributed by atoms with Crippen LogP contribution in [0, 0.1) is 0 Å². The van der Waals surface area contributed by atoms with Crippen LogP contribution in [0.1, 0.15) is 27.9 Å². The number of sulfonamides is 1. The van der Waals surface area contributed by atoms with Crippen LogP contribution >= 0.6 is 0 Å². The fourth-order valence-electron chi connectivity index (χ4n) is 4.00. The summed E-state index contributed by atoms with van der Waals surface area (Å²) < 4.78 is 28.4. The van der Waals surface area contributed by atoms with Crippen molar-refractivity contribution in [1.29, 1.82) is 0 Å². The zero-order valence-electron chi connectivity index (χ0n) is 16.9. The molecule has 4 aromatic rings. The van der Waals surface area contributed by atoms with E-state index in [9.17, 15) is 18.0 Å². The molecule has 3 aromatic carbocycles. The number of aryl methyl sites for hydroxylation is 2. The first-order valence-corrected chi connectivity index (χ1v) is 11.6. The number of hydrogen-bond donors (Lipinski definition) is 4. The molecule has 9 heteroatoms. The van der Waals surface area contributed by atoms with E-state index in [1.807, 2.05) is 18.2 Å². The largest absolute Gasteiger partial charge is 0.323 e. The van der Waals surface area contributed by atoms with Gasteiger partial charge in [0.15, 0.2) is 0 Å². The summed E-state index contributed by atoms with van der Waals surface area (Å²) in [4.78, 5) is 29.5. The van der Waals surface area contributed by atoms with Crippen molar-refractivity contribution in [2.75, 3.05) is 10.0 Å². The number of carbonyl (C=O) groups is 1. The minimum Gasteiger partial charge on any atom is -0.322 e. The Bertz CT molecular complexity index is 1520. The standard InChI is InChI=1S/C23H20N4O4S/c28-22(24-16-9-8-14-4-3-5-15(14)12-16)18-6-1-2-7-19(18)27-32(30,31)17-10-11-20-21(13-17)26-23(29)25-20/h1-2,6-13,27H,3-5H2,(H,24,28)(H2,25,26,29). The van der Waals surface area contributed by atoms with Crippen molar-refractivity contribution in [3.8, 4) is 0 Å². The number of rotatable bonds is 5. The van der Waals surface area contributed by atoms with Gasteiger partial charge in [-0.2, -0.15) is 0 Å². The van der Waals surface area contributed by atoms with Gasteiger partial charge in [-0.1, -0.05) is 18.2 Å². The molecule has 4 N–H and O–H groups in total. The van der Waals surface area contributed by atoms with Gasteiger partial charge in [-0.15, -0.1) is 0 Å². The van der Waals surface area contributed by atoms with Gasteiger partial charge in [0.1, 0.15) is 0 Å². The Morgan fingerprint density at radius 3 is 2.53 bits per heavy atom. The summed E-state index contributed by atoms with van der Waals surface area (Å²) >= 11 is 0. The van der Waals surface area contributed by atoms with Crippen LogP contribution < -0.4 is 15.7 Å². The van der Waals surface area contributed by atoms with Crippen molar-refractivity contribution in [3.63, 3.8) is 0 Å². The third kappa shape index (κ3) is 3.78. The highest BCUT2D eigenvalue weighted by molar-refractivity contribution is 7.92. The number of benzene rings is 3. The summed E-state index contributed by atoms with van der Waals surface area (Å²) in [5.41, 5.74) is 4.03. The highest BCUT2D eigenvalue weighted by Gasteiger charge is 2.20. The molecule has 1 aromatic heterocycles. The number of anilines is 2. The number of fused-ring (bicyclic) bond motifs is 2. The fraction of sp³-hybridized carbons (Fsp3) is 0.130. The van der Waals surface area contributed by atoms with Crippen molar-refractivity contribution in [3.05, 3.63) is 87.8 Å². The Kier molecular flexibility index (Phi) is 4.82. The predicted molar refractivity (Wildman–Crippen MR) is 123 cm³/mol. The second kappa shape index (κ2) is 7.69. The first-order chi connectivity index (χ1) is 15.4. The highest BCUT2D eigenvalue weighted by Crippen LogP contribution is 2.26. The summed E-state index contributed by atoms with van der Waals surface area (Å²) in [6.45, 7) is 0. The van der Waals surface area contributed by atoms with Crippen molar-refractivity contribution in [2.45, 2.75) is 24.2 Å². The van der Waals surface area contributed by atoms with Crippen LogP contribution in [-0.4, -0.2) is 24.3 Å². The summed E-state index contributed by atoms with van der Waals surface area (Å²) in [6.07, 6.45) is 3.16. The number of hydrogen-bond acceptors (Lipinski definition) is 4. The maximum absolute atomic E-state index is 13.0. The number of imidazole rings is 1. The number of nitrogens with one attached hydrogen (secondary N) is 4. The summed E-state index contributed by atoms with van der Waals surface area (Å²) in [7, 11) is -4.00. The molecule has 162 valence electrons. The van der Waals surface area contributed by atoms with Gasteiger partial charge in [-0.05, 0) is 72.9 Å². The first kappa shape index (κ1) is 20.1. The van der Waals surface area contributed by atoms with E-state index < -0.39 is 21.6 Å². The molecule has 0 bridgehead atoms. The van der Waals surface area contributed by atoms with E-state index in [4.69, 9.17) is 0 Å². The molecule has 0 spiro atoms. The predicted octanol–water partition coefficient (Wildman–Crippen LogP) is 3.40. The summed E-state index contributed by atoms with van der Waals surface area (Å²) in [6, 6.07) is 16.5. The quantitative estimate of drug-likeness (QED) is 0.373. The number of aromatic nitrogens is 2. The fourth-order valence-corrected chi connectivity index (χ4v) is 5.11. The van der Waals surface area contributed by atoms with Gasteiger partial charge in [-0.3, -0.25) is 9.52 Å². The van der Waals surface area contributed by atoms with Crippen LogP contribution in [0.4, 0.5) is 11.4 Å². The van der Waals surface area contributed by atoms with E-state index in [0.717, 1.165) is 19.3 Å². The van der Waals surface area contributed by atoms with Crippen LogP contribution in [0.2, 0.25) is 0 Å². The topological polar surface area (TPSA) is 124 Å². The molecule has 0 unspecified atom stereocenters. The lowest BCUT2D eigenvalue weighted by Crippen LogP contribution is -2.18. The molecule has 8 nitrogen and oxygen atoms in total. The Labute approximate surface area is 183 Å². The van der Waals surface area contributed by atoms with Gasteiger partial charge in [-0.25, -0.2) is 13.2 Å². The Morgan fingerprint density at radius 2 is 1.66 bits per heavy atom. The van der Waals surface area contributed by atoms with Crippen LogP contribution in [0.25, 0.3) is 11.0 Å². The SMILES string of the molecule is O=C(Nc1ccc2c(c1)CCC2)c1ccccc1NS(=O)(=O)c1ccc2[nH]c(=O)[nH]c2c1. The van der Waals surface area contributed by atoms with E-state index in [1.54, 1.807) is 18.2 Å². The molecular formula is C23H20N4O4S. The minimum absolute atomic E-state index is 0.0333. The molecule has 0 atom stereocenters. The molecule has 0 saturated heterocycles. The van der Waals surface area contributed by atoms with Gasteiger partial charge in [0.05, 0.1) is 27.2 Å². The Hall–Kier alpha value is -3.85. The van der Waals surface area contributed by atoms with Crippen LogP contribution in [-0.2, 0) is 22.9 Å². The molecule has 5 rings (SSSR count). The van der Waals surface area contributed by atoms with Crippen LogP contribution in [0.15, 0.2) is 70.4 Å². The van der Waals surface area contributed by atoms with E-state index in [0.29, 0.717) is 16.7 Å². The second-order valence-electron chi connectivity index (χ2n) is 7.73. The zero-order chi connectivity index (χ0) is 22.3. The Morgan fingerprint density at radius 1 is 0.875 bits per heavy atom. The molecule has 1 aliphatic rings. The molecule has 1 aliphatic carbocycles. The van der Waals surface area contributed by atoms with Crippen molar-refractivity contribution in [2.24, 2.45) is 0 Å². The van der Waals surface area contributed by atoms with Crippen molar-refractivity contribution < 1.29 is 13.2 Å². The molecule has 1 heterocycles. The highest BCUT2D eigenvalue weighted by atomic mass is 32.2. The molecule has 0 radical (unpaired) electrons. The van der Waals surface area contributed by atoms with E-state index in [2.05, 4.69) is 20.0 Å². The van der Waals surface area contributed by atoms with E-state index in [-0.39, 0.29) is 16.1 Å². The lowest BCUT2D eigenvalue weighted by atomic mass is 10.1. The number of para-hydroxylation sites is 1. The third-order valence-corrected chi connectivity index (χ3v) is 6.93. The monoisotopic (exact) mass is 448 g/mol. The molecule has 1 amide bonds. The smallest absolute Gasteiger partial charge is 0.322 e. The Balaban J connectivity index is 1.42. The maximum Gasteiger partial charge on any atom is 0.323 e. The number of carbonyl (C=O) groups excluding carboxylic acids is 1. The van der Waals surface area contributed by atoms with E-state index >= 15 is 0 Å². The lowest BCUT2D eigenvalue weighted by Gasteiger charge is -2.13. The number of aromatic amines is 2. The summed E-state index contributed by atoms with van der Waals surface area (Å²) in [5.74, 6) is -0.410. The minimum atomic E-state index is -4.00. The molecule has 0 saturated carbocycles. The normalized spacial score (nSPS) is 13.1. The van der Waals surface area contributed by atoms with Gasteiger partial charge >= 0.3 is 5.69 Å². The average Bonchev–Trinajstić information content (AvgIpc) is 3.38. The average molecular weight is 449 g/mol. The lowest BCUT2D eigenvalue weighted by molar-refractivity contribution is 0.102. The van der Waals surface area contributed by atoms with Gasteiger partial charge in [0.2, 0.25) is 0 Å². The van der Waals surface area contributed by atoms with Crippen molar-refractivity contribution >= 4 is 38.3 Å². The molecule has 0 aliphatic heterocycles. The van der Waals surface area contributed by atoms with Gasteiger partial charge in [0.25, 0.3) is 15.9 Å². The number of amides is 1. The molecule has 0 fully saturated rings. The zero-order valence-corrected chi connectivity index (χ0v) is 17.8. The first-order valence-electron chi connectivity index (χ1n) is 10.2.